The highest BCUT2D eigenvalue weighted by Gasteiger charge is 2.35. The van der Waals surface area contributed by atoms with Crippen LogP contribution >= 0.6 is 11.6 Å². The third kappa shape index (κ3) is 2.09. The molecule has 1 fully saturated rings. The predicted octanol–water partition coefficient (Wildman–Crippen LogP) is 2.35. The molecule has 2 heteroatoms. The molecule has 1 saturated heterocycles. The molecule has 1 aliphatic rings. The van der Waals surface area contributed by atoms with Crippen molar-refractivity contribution in [3.63, 3.8) is 0 Å². The zero-order valence-corrected chi connectivity index (χ0v) is 8.49. The van der Waals surface area contributed by atoms with Gasteiger partial charge in [-0.3, -0.25) is 4.90 Å². The van der Waals surface area contributed by atoms with Crippen molar-refractivity contribution < 1.29 is 0 Å². The van der Waals surface area contributed by atoms with Crippen molar-refractivity contribution in [1.29, 1.82) is 0 Å². The summed E-state index contributed by atoms with van der Waals surface area (Å²) in [5, 5.41) is 0. The molecule has 0 N–H and O–H groups in total. The van der Waals surface area contributed by atoms with Crippen LogP contribution in [-0.2, 0) is 0 Å². The van der Waals surface area contributed by atoms with Crippen LogP contribution in [0.1, 0.15) is 27.2 Å². The van der Waals surface area contributed by atoms with Gasteiger partial charge in [-0.25, -0.2) is 0 Å². The first-order valence-electron chi connectivity index (χ1n) is 4.37. The maximum atomic E-state index is 5.71. The van der Waals surface area contributed by atoms with Gasteiger partial charge in [0.1, 0.15) is 0 Å². The number of rotatable bonds is 2. The molecular formula is C9H18ClN. The summed E-state index contributed by atoms with van der Waals surface area (Å²) in [7, 11) is 0. The van der Waals surface area contributed by atoms with Gasteiger partial charge in [0.2, 0.25) is 0 Å². The first-order valence-corrected chi connectivity index (χ1v) is 4.91. The Morgan fingerprint density at radius 2 is 2.18 bits per heavy atom. The molecule has 0 spiro atoms. The molecule has 1 atom stereocenters. The fourth-order valence-electron chi connectivity index (χ4n) is 2.17. The molecule has 1 nitrogen and oxygen atoms in total. The van der Waals surface area contributed by atoms with Gasteiger partial charge in [0.15, 0.2) is 0 Å². The van der Waals surface area contributed by atoms with Gasteiger partial charge in [0.25, 0.3) is 0 Å². The SMILES string of the molecule is CC1CN(CCCl)C(C)(C)C1. The first-order chi connectivity index (χ1) is 5.06. The lowest BCUT2D eigenvalue weighted by Crippen LogP contribution is -2.39. The Kier molecular flexibility index (Phi) is 2.82. The minimum atomic E-state index is 0.383. The number of nitrogens with zero attached hydrogens (tertiary/aromatic N) is 1. The smallest absolute Gasteiger partial charge is 0.0351 e. The van der Waals surface area contributed by atoms with Crippen molar-refractivity contribution in [2.24, 2.45) is 5.92 Å². The number of halogens is 1. The minimum absolute atomic E-state index is 0.383. The quantitative estimate of drug-likeness (QED) is 0.583. The van der Waals surface area contributed by atoms with Crippen LogP contribution < -0.4 is 0 Å². The summed E-state index contributed by atoms with van der Waals surface area (Å²) in [5.74, 6) is 1.60. The van der Waals surface area contributed by atoms with E-state index in [0.29, 0.717) is 5.54 Å². The van der Waals surface area contributed by atoms with Crippen LogP contribution in [0.15, 0.2) is 0 Å². The predicted molar refractivity (Wildman–Crippen MR) is 50.2 cm³/mol. The van der Waals surface area contributed by atoms with Crippen LogP contribution in [0.25, 0.3) is 0 Å². The van der Waals surface area contributed by atoms with Crippen LogP contribution in [0.5, 0.6) is 0 Å². The normalized spacial score (nSPS) is 31.1. The summed E-state index contributed by atoms with van der Waals surface area (Å²) in [5.41, 5.74) is 0.383. The van der Waals surface area contributed by atoms with Gasteiger partial charge < -0.3 is 0 Å². The lowest BCUT2D eigenvalue weighted by Gasteiger charge is -2.30. The zero-order chi connectivity index (χ0) is 8.48. The average molecular weight is 176 g/mol. The summed E-state index contributed by atoms with van der Waals surface area (Å²) in [6.45, 7) is 9.20. The molecule has 0 bridgehead atoms. The lowest BCUT2D eigenvalue weighted by atomic mass is 9.98. The second-order valence-electron chi connectivity index (χ2n) is 4.26. The van der Waals surface area contributed by atoms with Crippen LogP contribution in [0.2, 0.25) is 0 Å². The molecular weight excluding hydrogens is 158 g/mol. The van der Waals surface area contributed by atoms with E-state index in [1.165, 1.54) is 13.0 Å². The molecule has 0 saturated carbocycles. The van der Waals surface area contributed by atoms with E-state index < -0.39 is 0 Å². The van der Waals surface area contributed by atoms with Crippen LogP contribution in [0, 0.1) is 5.92 Å². The Balaban J connectivity index is 2.51. The molecule has 0 amide bonds. The fraction of sp³-hybridized carbons (Fsp3) is 1.00. The van der Waals surface area contributed by atoms with Crippen molar-refractivity contribution >= 4 is 11.6 Å². The van der Waals surface area contributed by atoms with Gasteiger partial charge >= 0.3 is 0 Å². The first kappa shape index (κ1) is 9.34. The molecule has 0 aromatic rings. The second kappa shape index (κ2) is 3.32. The van der Waals surface area contributed by atoms with Crippen LogP contribution in [0.4, 0.5) is 0 Å². The third-order valence-electron chi connectivity index (χ3n) is 2.59. The fourth-order valence-corrected chi connectivity index (χ4v) is 2.37. The summed E-state index contributed by atoms with van der Waals surface area (Å²) in [6, 6.07) is 0. The minimum Gasteiger partial charge on any atom is -0.297 e. The van der Waals surface area contributed by atoms with E-state index in [1.807, 2.05) is 0 Å². The van der Waals surface area contributed by atoms with E-state index >= 15 is 0 Å². The molecule has 0 aromatic heterocycles. The topological polar surface area (TPSA) is 3.24 Å². The van der Waals surface area contributed by atoms with Gasteiger partial charge in [-0.2, -0.15) is 0 Å². The molecule has 1 aliphatic heterocycles. The largest absolute Gasteiger partial charge is 0.297 e. The Morgan fingerprint density at radius 3 is 2.55 bits per heavy atom. The van der Waals surface area contributed by atoms with E-state index in [4.69, 9.17) is 11.6 Å². The summed E-state index contributed by atoms with van der Waals surface area (Å²) in [4.78, 5) is 2.49. The van der Waals surface area contributed by atoms with E-state index in [1.54, 1.807) is 0 Å². The van der Waals surface area contributed by atoms with Crippen molar-refractivity contribution in [1.82, 2.24) is 4.90 Å². The van der Waals surface area contributed by atoms with Crippen molar-refractivity contribution in [2.45, 2.75) is 32.7 Å². The molecule has 0 radical (unpaired) electrons. The highest BCUT2D eigenvalue weighted by molar-refractivity contribution is 6.18. The van der Waals surface area contributed by atoms with Gasteiger partial charge in [-0.15, -0.1) is 11.6 Å². The van der Waals surface area contributed by atoms with Gasteiger partial charge in [-0.1, -0.05) is 6.92 Å². The van der Waals surface area contributed by atoms with Gasteiger partial charge in [0, 0.05) is 24.5 Å². The average Bonchev–Trinajstić information content (AvgIpc) is 2.07. The highest BCUT2D eigenvalue weighted by atomic mass is 35.5. The van der Waals surface area contributed by atoms with Crippen molar-refractivity contribution in [3.8, 4) is 0 Å². The van der Waals surface area contributed by atoms with Gasteiger partial charge in [-0.05, 0) is 26.2 Å². The van der Waals surface area contributed by atoms with Crippen molar-refractivity contribution in [2.75, 3.05) is 19.0 Å². The molecule has 1 unspecified atom stereocenters. The van der Waals surface area contributed by atoms with Gasteiger partial charge in [0.05, 0.1) is 0 Å². The zero-order valence-electron chi connectivity index (χ0n) is 7.73. The number of likely N-dealkylation sites (tertiary alicyclic amines) is 1. The Labute approximate surface area is 74.7 Å². The lowest BCUT2D eigenvalue weighted by molar-refractivity contribution is 0.186. The maximum absolute atomic E-state index is 5.71. The highest BCUT2D eigenvalue weighted by Crippen LogP contribution is 2.31. The number of alkyl halides is 1. The van der Waals surface area contributed by atoms with E-state index in [9.17, 15) is 0 Å². The molecule has 66 valence electrons. The Bertz CT molecular complexity index is 134. The van der Waals surface area contributed by atoms with E-state index in [-0.39, 0.29) is 0 Å². The van der Waals surface area contributed by atoms with Crippen molar-refractivity contribution in [3.05, 3.63) is 0 Å². The number of hydrogen-bond acceptors (Lipinski definition) is 1. The number of hydrogen-bond donors (Lipinski definition) is 0. The molecule has 0 aromatic carbocycles. The molecule has 11 heavy (non-hydrogen) atoms. The monoisotopic (exact) mass is 175 g/mol. The second-order valence-corrected chi connectivity index (χ2v) is 4.63. The van der Waals surface area contributed by atoms with E-state index in [2.05, 4.69) is 25.7 Å². The van der Waals surface area contributed by atoms with Crippen LogP contribution in [0.3, 0.4) is 0 Å². The Morgan fingerprint density at radius 1 is 1.55 bits per heavy atom. The standard InChI is InChI=1S/C9H18ClN/c1-8-6-9(2,3)11(7-8)5-4-10/h8H,4-7H2,1-3H3. The molecule has 0 aliphatic carbocycles. The molecule has 1 rings (SSSR count). The van der Waals surface area contributed by atoms with E-state index in [0.717, 1.165) is 18.3 Å². The summed E-state index contributed by atoms with van der Waals surface area (Å²) in [6.07, 6.45) is 1.31. The third-order valence-corrected chi connectivity index (χ3v) is 2.76. The summed E-state index contributed by atoms with van der Waals surface area (Å²) < 4.78 is 0. The summed E-state index contributed by atoms with van der Waals surface area (Å²) >= 11 is 5.71. The maximum Gasteiger partial charge on any atom is 0.0351 e. The van der Waals surface area contributed by atoms with Crippen LogP contribution in [-0.4, -0.2) is 29.4 Å². The molecule has 1 heterocycles. The Hall–Kier alpha value is 0.250.